The number of benzene rings is 2. The van der Waals surface area contributed by atoms with Gasteiger partial charge < -0.3 is 9.84 Å². The van der Waals surface area contributed by atoms with Crippen molar-refractivity contribution >= 4 is 0 Å². The summed E-state index contributed by atoms with van der Waals surface area (Å²) in [5, 5.41) is 11.4. The highest BCUT2D eigenvalue weighted by Gasteiger charge is 2.34. The Kier molecular flexibility index (Phi) is 3.98. The molecular formula is C19H22O2. The van der Waals surface area contributed by atoms with Gasteiger partial charge in [-0.2, -0.15) is 0 Å². The molecule has 0 radical (unpaired) electrons. The summed E-state index contributed by atoms with van der Waals surface area (Å²) in [7, 11) is 0. The lowest BCUT2D eigenvalue weighted by atomic mass is 9.81. The third-order valence-corrected chi connectivity index (χ3v) is 4.24. The summed E-state index contributed by atoms with van der Waals surface area (Å²) >= 11 is 0. The minimum atomic E-state index is -0.974. The molecule has 1 aliphatic heterocycles. The van der Waals surface area contributed by atoms with Gasteiger partial charge >= 0.3 is 0 Å². The van der Waals surface area contributed by atoms with E-state index >= 15 is 0 Å². The molecule has 0 amide bonds. The molecule has 0 bridgehead atoms. The molecule has 0 aliphatic carbocycles. The van der Waals surface area contributed by atoms with Gasteiger partial charge in [-0.3, -0.25) is 0 Å². The summed E-state index contributed by atoms with van der Waals surface area (Å²) in [6.45, 7) is 2.84. The maximum absolute atomic E-state index is 11.4. The number of ether oxygens (including phenoxy) is 1. The minimum Gasteiger partial charge on any atom is -0.493 e. The van der Waals surface area contributed by atoms with Crippen LogP contribution in [-0.2, 0) is 12.0 Å². The molecule has 3 rings (SSSR count). The highest BCUT2D eigenvalue weighted by Crippen LogP contribution is 2.42. The molecule has 2 aromatic rings. The Morgan fingerprint density at radius 1 is 1.10 bits per heavy atom. The number of rotatable bonds is 4. The molecule has 1 N–H and O–H groups in total. The second kappa shape index (κ2) is 5.90. The molecule has 1 aliphatic rings. The fourth-order valence-corrected chi connectivity index (χ4v) is 3.22. The first-order chi connectivity index (χ1) is 10.3. The highest BCUT2D eigenvalue weighted by molar-refractivity contribution is 5.50. The predicted octanol–water partition coefficient (Wildman–Crippen LogP) is 4.05. The van der Waals surface area contributed by atoms with E-state index in [1.807, 2.05) is 42.5 Å². The quantitative estimate of drug-likeness (QED) is 0.916. The third kappa shape index (κ3) is 2.56. The van der Waals surface area contributed by atoms with Gasteiger partial charge in [0.05, 0.1) is 6.61 Å². The van der Waals surface area contributed by atoms with Gasteiger partial charge in [0, 0.05) is 5.56 Å². The van der Waals surface area contributed by atoms with E-state index in [0.717, 1.165) is 42.7 Å². The van der Waals surface area contributed by atoms with Crippen molar-refractivity contribution in [2.75, 3.05) is 6.61 Å². The van der Waals surface area contributed by atoms with E-state index in [1.54, 1.807) is 0 Å². The molecule has 0 aromatic heterocycles. The summed E-state index contributed by atoms with van der Waals surface area (Å²) in [4.78, 5) is 0. The Morgan fingerprint density at radius 3 is 2.67 bits per heavy atom. The van der Waals surface area contributed by atoms with Gasteiger partial charge in [-0.1, -0.05) is 61.9 Å². The molecule has 0 fully saturated rings. The van der Waals surface area contributed by atoms with Gasteiger partial charge in [0.1, 0.15) is 11.4 Å². The zero-order valence-electron chi connectivity index (χ0n) is 12.5. The van der Waals surface area contributed by atoms with Crippen LogP contribution in [0.2, 0.25) is 0 Å². The maximum atomic E-state index is 11.4. The average molecular weight is 282 g/mol. The molecule has 2 heteroatoms. The molecule has 110 valence electrons. The van der Waals surface area contributed by atoms with Gasteiger partial charge in [0.2, 0.25) is 0 Å². The second-order valence-electron chi connectivity index (χ2n) is 5.72. The largest absolute Gasteiger partial charge is 0.493 e. The van der Waals surface area contributed by atoms with Crippen molar-refractivity contribution < 1.29 is 9.84 Å². The van der Waals surface area contributed by atoms with Crippen LogP contribution in [-0.4, -0.2) is 11.7 Å². The lowest BCUT2D eigenvalue weighted by molar-refractivity contribution is 0.0658. The molecule has 0 spiro atoms. The van der Waals surface area contributed by atoms with Crippen LogP contribution in [0.1, 0.15) is 42.9 Å². The Bertz CT molecular complexity index is 606. The average Bonchev–Trinajstić information content (AvgIpc) is 2.55. The molecule has 1 heterocycles. The van der Waals surface area contributed by atoms with Crippen LogP contribution in [0, 0.1) is 0 Å². The predicted molar refractivity (Wildman–Crippen MR) is 84.6 cm³/mol. The number of aryl methyl sites for hydroxylation is 1. The summed E-state index contributed by atoms with van der Waals surface area (Å²) in [5.74, 6) is 0.892. The molecule has 1 unspecified atom stereocenters. The first kappa shape index (κ1) is 14.2. The number of para-hydroxylation sites is 1. The van der Waals surface area contributed by atoms with E-state index in [4.69, 9.17) is 4.74 Å². The van der Waals surface area contributed by atoms with Crippen LogP contribution in [0.25, 0.3) is 0 Å². The Labute approximate surface area is 126 Å². The van der Waals surface area contributed by atoms with Gasteiger partial charge in [-0.05, 0) is 30.4 Å². The summed E-state index contributed by atoms with van der Waals surface area (Å²) in [6.07, 6.45) is 3.68. The first-order valence-electron chi connectivity index (χ1n) is 7.79. The highest BCUT2D eigenvalue weighted by atomic mass is 16.5. The topological polar surface area (TPSA) is 29.5 Å². The number of hydrogen-bond donors (Lipinski definition) is 1. The third-order valence-electron chi connectivity index (χ3n) is 4.24. The van der Waals surface area contributed by atoms with Crippen molar-refractivity contribution in [3.63, 3.8) is 0 Å². The maximum Gasteiger partial charge on any atom is 0.128 e. The van der Waals surface area contributed by atoms with E-state index in [9.17, 15) is 5.11 Å². The van der Waals surface area contributed by atoms with E-state index < -0.39 is 5.60 Å². The van der Waals surface area contributed by atoms with Crippen molar-refractivity contribution in [3.05, 3.63) is 65.2 Å². The molecule has 2 nitrogen and oxygen atoms in total. The summed E-state index contributed by atoms with van der Waals surface area (Å²) in [6, 6.07) is 16.1. The summed E-state index contributed by atoms with van der Waals surface area (Å²) in [5.41, 5.74) is 2.09. The van der Waals surface area contributed by atoms with Crippen LogP contribution < -0.4 is 4.74 Å². The number of aliphatic hydroxyl groups is 1. The van der Waals surface area contributed by atoms with Gasteiger partial charge in [0.15, 0.2) is 0 Å². The first-order valence-corrected chi connectivity index (χ1v) is 7.79. The molecule has 0 saturated heterocycles. The monoisotopic (exact) mass is 282 g/mol. The lowest BCUT2D eigenvalue weighted by Crippen LogP contribution is -2.29. The molecule has 1 atom stereocenters. The van der Waals surface area contributed by atoms with Gasteiger partial charge in [0.25, 0.3) is 0 Å². The van der Waals surface area contributed by atoms with Gasteiger partial charge in [-0.15, -0.1) is 0 Å². The van der Waals surface area contributed by atoms with Crippen LogP contribution in [0.4, 0.5) is 0 Å². The van der Waals surface area contributed by atoms with Crippen LogP contribution in [0.15, 0.2) is 48.5 Å². The normalized spacial score (nSPS) is 16.7. The number of fused-ring (bicyclic) bond motifs is 1. The van der Waals surface area contributed by atoms with Crippen LogP contribution in [0.3, 0.4) is 0 Å². The second-order valence-corrected chi connectivity index (χ2v) is 5.72. The standard InChI is InChI=1S/C19H22O2/c1-2-13-19(20,16-10-4-3-5-11-16)17-12-6-8-15-9-7-14-21-18(15)17/h3-6,8,10-12,20H,2,7,9,13-14H2,1H3. The lowest BCUT2D eigenvalue weighted by Gasteiger charge is -2.32. The Hall–Kier alpha value is -1.80. The molecule has 0 saturated carbocycles. The smallest absolute Gasteiger partial charge is 0.128 e. The minimum absolute atomic E-state index is 0.691. The summed E-state index contributed by atoms with van der Waals surface area (Å²) < 4.78 is 5.91. The Balaban J connectivity index is 2.14. The van der Waals surface area contributed by atoms with Crippen molar-refractivity contribution in [3.8, 4) is 5.75 Å². The van der Waals surface area contributed by atoms with E-state index in [-0.39, 0.29) is 0 Å². The molecule has 2 aromatic carbocycles. The van der Waals surface area contributed by atoms with E-state index in [0.29, 0.717) is 6.42 Å². The van der Waals surface area contributed by atoms with Crippen molar-refractivity contribution in [2.45, 2.75) is 38.2 Å². The Morgan fingerprint density at radius 2 is 1.90 bits per heavy atom. The SMILES string of the molecule is CCCC(O)(c1ccccc1)c1cccc2c1OCCC2. The zero-order valence-corrected chi connectivity index (χ0v) is 12.5. The van der Waals surface area contributed by atoms with Crippen LogP contribution >= 0.6 is 0 Å². The zero-order chi connectivity index (χ0) is 14.7. The fraction of sp³-hybridized carbons (Fsp3) is 0.368. The van der Waals surface area contributed by atoms with Crippen molar-refractivity contribution in [1.29, 1.82) is 0 Å². The molecule has 21 heavy (non-hydrogen) atoms. The van der Waals surface area contributed by atoms with Crippen LogP contribution in [0.5, 0.6) is 5.75 Å². The van der Waals surface area contributed by atoms with Crippen molar-refractivity contribution in [2.24, 2.45) is 0 Å². The fourth-order valence-electron chi connectivity index (χ4n) is 3.22. The van der Waals surface area contributed by atoms with Gasteiger partial charge in [-0.25, -0.2) is 0 Å². The van der Waals surface area contributed by atoms with E-state index in [1.165, 1.54) is 5.56 Å². The van der Waals surface area contributed by atoms with Crippen molar-refractivity contribution in [1.82, 2.24) is 0 Å². The van der Waals surface area contributed by atoms with E-state index in [2.05, 4.69) is 13.0 Å². The number of hydrogen-bond acceptors (Lipinski definition) is 2. The molecular weight excluding hydrogens is 260 g/mol.